The lowest BCUT2D eigenvalue weighted by Crippen LogP contribution is -2.43. The molecule has 2 atom stereocenters. The molecule has 0 spiro atoms. The highest BCUT2D eigenvalue weighted by molar-refractivity contribution is 5.81. The molecule has 2 aliphatic heterocycles. The molecule has 2 aliphatic rings. The number of oxazole rings is 1. The van der Waals surface area contributed by atoms with Gasteiger partial charge in [0.25, 0.3) is 0 Å². The molecule has 1 aromatic heterocycles. The van der Waals surface area contributed by atoms with Crippen LogP contribution in [0.1, 0.15) is 36.3 Å². The molecular formula is C23H22N2O3. The smallest absolute Gasteiger partial charge is 0.410 e. The van der Waals surface area contributed by atoms with Gasteiger partial charge in [-0.3, -0.25) is 4.90 Å². The van der Waals surface area contributed by atoms with Crippen molar-refractivity contribution in [2.45, 2.75) is 44.9 Å². The SMILES string of the molecule is Cc1nc2cc(C3=CC4CCC(C3)N4C(=O)OCc3ccccc3)ccc2o1. The van der Waals surface area contributed by atoms with Crippen molar-refractivity contribution in [3.63, 3.8) is 0 Å². The van der Waals surface area contributed by atoms with Gasteiger partial charge in [0.2, 0.25) is 0 Å². The number of hydrogen-bond acceptors (Lipinski definition) is 4. The van der Waals surface area contributed by atoms with Crippen molar-refractivity contribution in [2.75, 3.05) is 0 Å². The van der Waals surface area contributed by atoms with E-state index < -0.39 is 0 Å². The van der Waals surface area contributed by atoms with Crippen LogP contribution in [-0.2, 0) is 11.3 Å². The van der Waals surface area contributed by atoms with Gasteiger partial charge < -0.3 is 9.15 Å². The summed E-state index contributed by atoms with van der Waals surface area (Å²) in [5.41, 5.74) is 5.14. The molecule has 2 unspecified atom stereocenters. The number of benzene rings is 2. The summed E-state index contributed by atoms with van der Waals surface area (Å²) in [4.78, 5) is 19.1. The standard InChI is InChI=1S/C23H22N2O3/c1-15-24-21-13-17(7-10-22(21)28-15)18-11-19-8-9-20(12-18)25(19)23(26)27-14-16-5-3-2-4-6-16/h2-7,10-11,13,19-20H,8-9,12,14H2,1H3. The van der Waals surface area contributed by atoms with Crippen LogP contribution in [0.3, 0.4) is 0 Å². The zero-order valence-corrected chi connectivity index (χ0v) is 15.8. The van der Waals surface area contributed by atoms with E-state index in [1.165, 1.54) is 5.57 Å². The molecule has 5 heteroatoms. The fourth-order valence-corrected chi connectivity index (χ4v) is 4.37. The summed E-state index contributed by atoms with van der Waals surface area (Å²) in [5, 5.41) is 0. The minimum absolute atomic E-state index is 0.103. The average molecular weight is 374 g/mol. The first-order chi connectivity index (χ1) is 13.7. The van der Waals surface area contributed by atoms with Crippen LogP contribution >= 0.6 is 0 Å². The Hall–Kier alpha value is -3.08. The van der Waals surface area contributed by atoms with Gasteiger partial charge in [0.1, 0.15) is 12.1 Å². The van der Waals surface area contributed by atoms with Crippen LogP contribution in [0.5, 0.6) is 0 Å². The van der Waals surface area contributed by atoms with Crippen molar-refractivity contribution < 1.29 is 13.9 Å². The van der Waals surface area contributed by atoms with E-state index in [0.29, 0.717) is 12.5 Å². The summed E-state index contributed by atoms with van der Waals surface area (Å²) in [6.07, 6.45) is 4.85. The molecule has 0 N–H and O–H groups in total. The Morgan fingerprint density at radius 3 is 2.89 bits per heavy atom. The molecule has 1 fully saturated rings. The first-order valence-corrected chi connectivity index (χ1v) is 9.74. The Labute approximate surface area is 163 Å². The number of nitrogens with zero attached hydrogens (tertiary/aromatic N) is 2. The van der Waals surface area contributed by atoms with Crippen LogP contribution < -0.4 is 0 Å². The number of ether oxygens (including phenoxy) is 1. The topological polar surface area (TPSA) is 55.6 Å². The first-order valence-electron chi connectivity index (χ1n) is 9.74. The highest BCUT2D eigenvalue weighted by Crippen LogP contribution is 2.39. The number of aromatic nitrogens is 1. The molecule has 1 amide bonds. The molecule has 1 saturated heterocycles. The van der Waals surface area contributed by atoms with E-state index in [9.17, 15) is 4.79 Å². The van der Waals surface area contributed by atoms with E-state index in [4.69, 9.17) is 9.15 Å². The summed E-state index contributed by atoms with van der Waals surface area (Å²) in [6.45, 7) is 2.17. The monoisotopic (exact) mass is 374 g/mol. The van der Waals surface area contributed by atoms with Crippen molar-refractivity contribution in [3.05, 3.63) is 71.6 Å². The number of amides is 1. The predicted octanol–water partition coefficient (Wildman–Crippen LogP) is 5.09. The Morgan fingerprint density at radius 2 is 2.07 bits per heavy atom. The fourth-order valence-electron chi connectivity index (χ4n) is 4.37. The molecule has 2 aromatic carbocycles. The van der Waals surface area contributed by atoms with Gasteiger partial charge in [0.05, 0.1) is 6.04 Å². The molecule has 0 saturated carbocycles. The average Bonchev–Trinajstić information content (AvgIpc) is 3.21. The zero-order valence-electron chi connectivity index (χ0n) is 15.8. The maximum atomic E-state index is 12.7. The molecule has 3 heterocycles. The molecule has 5 rings (SSSR count). The Kier molecular flexibility index (Phi) is 4.15. The van der Waals surface area contributed by atoms with E-state index in [1.54, 1.807) is 0 Å². The summed E-state index contributed by atoms with van der Waals surface area (Å²) in [7, 11) is 0. The van der Waals surface area contributed by atoms with Crippen LogP contribution in [0, 0.1) is 6.92 Å². The van der Waals surface area contributed by atoms with E-state index in [0.717, 1.165) is 41.5 Å². The number of aryl methyl sites for hydroxylation is 1. The summed E-state index contributed by atoms with van der Waals surface area (Å²) in [6, 6.07) is 16.3. The van der Waals surface area contributed by atoms with Crippen molar-refractivity contribution in [3.8, 4) is 0 Å². The van der Waals surface area contributed by atoms with Gasteiger partial charge in [0, 0.05) is 13.0 Å². The molecule has 0 aliphatic carbocycles. The van der Waals surface area contributed by atoms with Crippen LogP contribution in [0.15, 0.2) is 59.0 Å². The van der Waals surface area contributed by atoms with Crippen molar-refractivity contribution in [1.29, 1.82) is 0 Å². The maximum Gasteiger partial charge on any atom is 0.410 e. The van der Waals surface area contributed by atoms with Gasteiger partial charge in [-0.15, -0.1) is 0 Å². The highest BCUT2D eigenvalue weighted by atomic mass is 16.6. The van der Waals surface area contributed by atoms with E-state index in [-0.39, 0.29) is 18.2 Å². The molecule has 142 valence electrons. The highest BCUT2D eigenvalue weighted by Gasteiger charge is 2.40. The summed E-state index contributed by atoms with van der Waals surface area (Å²) >= 11 is 0. The van der Waals surface area contributed by atoms with Gasteiger partial charge in [-0.2, -0.15) is 0 Å². The van der Waals surface area contributed by atoms with Crippen LogP contribution in [0.4, 0.5) is 4.79 Å². The Bertz CT molecular complexity index is 1050. The number of carbonyl (C=O) groups excluding carboxylic acids is 1. The van der Waals surface area contributed by atoms with Gasteiger partial charge in [-0.25, -0.2) is 9.78 Å². The molecule has 2 bridgehead atoms. The second-order valence-electron chi connectivity index (χ2n) is 7.56. The lowest BCUT2D eigenvalue weighted by atomic mass is 9.95. The lowest BCUT2D eigenvalue weighted by molar-refractivity contribution is 0.0832. The summed E-state index contributed by atoms with van der Waals surface area (Å²) < 4.78 is 11.2. The van der Waals surface area contributed by atoms with Crippen LogP contribution in [0.2, 0.25) is 0 Å². The largest absolute Gasteiger partial charge is 0.445 e. The fraction of sp³-hybridized carbons (Fsp3) is 0.304. The minimum Gasteiger partial charge on any atom is -0.445 e. The molecule has 0 radical (unpaired) electrons. The van der Waals surface area contributed by atoms with Crippen LogP contribution in [-0.4, -0.2) is 28.1 Å². The van der Waals surface area contributed by atoms with Crippen molar-refractivity contribution in [2.24, 2.45) is 0 Å². The number of rotatable bonds is 3. The second-order valence-corrected chi connectivity index (χ2v) is 7.56. The van der Waals surface area contributed by atoms with Gasteiger partial charge in [-0.05, 0) is 48.1 Å². The predicted molar refractivity (Wildman–Crippen MR) is 107 cm³/mol. The number of fused-ring (bicyclic) bond motifs is 3. The molecule has 28 heavy (non-hydrogen) atoms. The quantitative estimate of drug-likeness (QED) is 0.640. The van der Waals surface area contributed by atoms with Gasteiger partial charge in [0.15, 0.2) is 11.5 Å². The molecule has 3 aromatic rings. The third-order valence-corrected chi connectivity index (χ3v) is 5.68. The van der Waals surface area contributed by atoms with Gasteiger partial charge in [-0.1, -0.05) is 42.5 Å². The molecule has 5 nitrogen and oxygen atoms in total. The Morgan fingerprint density at radius 1 is 1.21 bits per heavy atom. The van der Waals surface area contributed by atoms with E-state index >= 15 is 0 Å². The number of carbonyl (C=O) groups is 1. The maximum absolute atomic E-state index is 12.7. The van der Waals surface area contributed by atoms with E-state index in [1.807, 2.05) is 48.2 Å². The summed E-state index contributed by atoms with van der Waals surface area (Å²) in [5.74, 6) is 0.678. The minimum atomic E-state index is -0.214. The zero-order chi connectivity index (χ0) is 19.1. The second kappa shape index (κ2) is 6.82. The van der Waals surface area contributed by atoms with Crippen molar-refractivity contribution in [1.82, 2.24) is 9.88 Å². The van der Waals surface area contributed by atoms with Gasteiger partial charge >= 0.3 is 6.09 Å². The number of hydrogen-bond donors (Lipinski definition) is 0. The molecular weight excluding hydrogens is 352 g/mol. The van der Waals surface area contributed by atoms with Crippen molar-refractivity contribution >= 4 is 22.8 Å². The lowest BCUT2D eigenvalue weighted by Gasteiger charge is -2.33. The third-order valence-electron chi connectivity index (χ3n) is 5.68. The first kappa shape index (κ1) is 17.0. The van der Waals surface area contributed by atoms with E-state index in [2.05, 4.69) is 23.2 Å². The normalized spacial score (nSPS) is 21.0. The van der Waals surface area contributed by atoms with Crippen LogP contribution in [0.25, 0.3) is 16.7 Å². The Balaban J connectivity index is 1.33. The third kappa shape index (κ3) is 3.07.